The van der Waals surface area contributed by atoms with E-state index in [0.717, 1.165) is 6.07 Å². The lowest BCUT2D eigenvalue weighted by molar-refractivity contribution is 0.0636. The second kappa shape index (κ2) is 6.75. The van der Waals surface area contributed by atoms with Crippen LogP contribution in [0.3, 0.4) is 0 Å². The van der Waals surface area contributed by atoms with Gasteiger partial charge in [-0.1, -0.05) is 0 Å². The summed E-state index contributed by atoms with van der Waals surface area (Å²) in [5, 5.41) is 6.27. The van der Waals surface area contributed by atoms with Crippen LogP contribution in [0.5, 0.6) is 5.88 Å². The molecule has 2 aromatic rings. The van der Waals surface area contributed by atoms with Gasteiger partial charge in [0.15, 0.2) is 5.82 Å². The van der Waals surface area contributed by atoms with Gasteiger partial charge in [0.1, 0.15) is 11.3 Å². The van der Waals surface area contributed by atoms with E-state index in [-0.39, 0.29) is 22.8 Å². The largest absolute Gasteiger partial charge is 0.444 e. The van der Waals surface area contributed by atoms with Gasteiger partial charge in [0.25, 0.3) is 0 Å². The number of hydrogen-bond acceptors (Lipinski definition) is 6. The van der Waals surface area contributed by atoms with Crippen molar-refractivity contribution >= 4 is 17.9 Å². The van der Waals surface area contributed by atoms with Crippen molar-refractivity contribution in [2.75, 3.05) is 5.32 Å². The molecule has 0 aliphatic heterocycles. The molecular weight excluding hydrogens is 333 g/mol. The summed E-state index contributed by atoms with van der Waals surface area (Å²) in [6.07, 6.45) is 0.725. The molecule has 3 N–H and O–H groups in total. The summed E-state index contributed by atoms with van der Waals surface area (Å²) in [7, 11) is 1.50. The minimum Gasteiger partial charge on any atom is -0.444 e. The number of primary amides is 1. The Morgan fingerprint density at radius 3 is 2.56 bits per heavy atom. The highest BCUT2D eigenvalue weighted by Gasteiger charge is 2.20. The molecule has 0 unspecified atom stereocenters. The van der Waals surface area contributed by atoms with Crippen LogP contribution in [0.1, 0.15) is 20.8 Å². The fraction of sp³-hybridized carbons (Fsp3) is 0.333. The molecule has 0 fully saturated rings. The second-order valence-electron chi connectivity index (χ2n) is 6.09. The summed E-state index contributed by atoms with van der Waals surface area (Å²) in [4.78, 5) is 26.6. The van der Waals surface area contributed by atoms with Gasteiger partial charge < -0.3 is 15.2 Å². The monoisotopic (exact) mass is 351 g/mol. The molecule has 0 spiro atoms. The fourth-order valence-corrected chi connectivity index (χ4v) is 1.93. The number of rotatable bonds is 3. The molecule has 0 aliphatic carbocycles. The number of nitrogens with zero attached hydrogens (tertiary/aromatic N) is 3. The Morgan fingerprint density at radius 1 is 1.32 bits per heavy atom. The molecule has 0 atom stereocenters. The van der Waals surface area contributed by atoms with Crippen molar-refractivity contribution in [1.29, 1.82) is 0 Å². The molecule has 134 valence electrons. The number of aromatic nitrogens is 3. The van der Waals surface area contributed by atoms with Gasteiger partial charge in [-0.3, -0.25) is 10.3 Å². The number of carbonyl (C=O) groups excluding carboxylic acids is 2. The predicted octanol–water partition coefficient (Wildman–Crippen LogP) is 2.43. The van der Waals surface area contributed by atoms with Crippen LogP contribution in [0.2, 0.25) is 0 Å². The van der Waals surface area contributed by atoms with Crippen LogP contribution in [-0.2, 0) is 11.8 Å². The summed E-state index contributed by atoms with van der Waals surface area (Å²) in [6.45, 7) is 5.12. The van der Waals surface area contributed by atoms with E-state index in [1.165, 1.54) is 24.1 Å². The quantitative estimate of drug-likeness (QED) is 0.876. The lowest BCUT2D eigenvalue weighted by atomic mass is 10.2. The molecule has 0 radical (unpaired) electrons. The molecule has 2 heterocycles. The first-order chi connectivity index (χ1) is 11.6. The van der Waals surface area contributed by atoms with Crippen LogP contribution in [0.25, 0.3) is 11.3 Å². The van der Waals surface area contributed by atoms with Crippen molar-refractivity contribution in [1.82, 2.24) is 14.8 Å². The third-order valence-electron chi connectivity index (χ3n) is 2.82. The van der Waals surface area contributed by atoms with Gasteiger partial charge in [-0.15, -0.1) is 0 Å². The lowest BCUT2D eigenvalue weighted by Gasteiger charge is -2.19. The molecule has 9 nitrogen and oxygen atoms in total. The molecular formula is C15H18FN5O4. The summed E-state index contributed by atoms with van der Waals surface area (Å²) in [5.41, 5.74) is 4.44. The van der Waals surface area contributed by atoms with Gasteiger partial charge in [0, 0.05) is 13.1 Å². The van der Waals surface area contributed by atoms with Crippen LogP contribution >= 0.6 is 0 Å². The van der Waals surface area contributed by atoms with Crippen LogP contribution in [0.4, 0.5) is 19.7 Å². The maximum Gasteiger partial charge on any atom is 0.412 e. The maximum atomic E-state index is 14.4. The average molecular weight is 351 g/mol. The Bertz CT molecular complexity index is 813. The number of halogens is 1. The van der Waals surface area contributed by atoms with E-state index >= 15 is 0 Å². The minimum atomic E-state index is -1.06. The molecule has 10 heteroatoms. The first-order valence-electron chi connectivity index (χ1n) is 7.22. The van der Waals surface area contributed by atoms with Gasteiger partial charge in [-0.2, -0.15) is 5.10 Å². The Labute approximate surface area is 142 Å². The van der Waals surface area contributed by atoms with Gasteiger partial charge in [0.05, 0.1) is 23.6 Å². The Hall–Kier alpha value is -3.17. The number of amides is 2. The number of pyridine rings is 1. The number of ether oxygens (including phenoxy) is 2. The third-order valence-corrected chi connectivity index (χ3v) is 2.82. The number of aryl methyl sites for hydroxylation is 1. The van der Waals surface area contributed by atoms with Gasteiger partial charge >= 0.3 is 12.2 Å². The van der Waals surface area contributed by atoms with E-state index in [1.54, 1.807) is 20.8 Å². The normalized spacial score (nSPS) is 11.1. The zero-order valence-electron chi connectivity index (χ0n) is 14.2. The van der Waals surface area contributed by atoms with Gasteiger partial charge in [-0.05, 0) is 20.8 Å². The lowest BCUT2D eigenvalue weighted by Crippen LogP contribution is -2.27. The summed E-state index contributed by atoms with van der Waals surface area (Å²) >= 11 is 0. The molecule has 25 heavy (non-hydrogen) atoms. The number of nitrogens with two attached hydrogens (primary N) is 1. The standard InChI is InChI=1S/C15H18FN5O4/c1-15(2,3)25-14(23)20-8-5-10(16)11(18-6-8)9-7-19-21(4)12(9)24-13(17)22/h5-7H,1-4H3,(H2,17,22)(H,20,23). The first-order valence-corrected chi connectivity index (χ1v) is 7.22. The number of carbonyl (C=O) groups is 2. The van der Waals surface area contributed by atoms with Crippen LogP contribution < -0.4 is 15.8 Å². The topological polar surface area (TPSA) is 121 Å². The Balaban J connectivity index is 2.26. The SMILES string of the molecule is Cn1ncc(-c2ncc(NC(=O)OC(C)(C)C)cc2F)c1OC(N)=O. The van der Waals surface area contributed by atoms with Crippen molar-refractivity contribution in [3.63, 3.8) is 0 Å². The van der Waals surface area contributed by atoms with Crippen molar-refractivity contribution in [2.24, 2.45) is 12.8 Å². The average Bonchev–Trinajstić information content (AvgIpc) is 2.78. The van der Waals surface area contributed by atoms with Crippen LogP contribution in [-0.4, -0.2) is 32.6 Å². The van der Waals surface area contributed by atoms with Crippen LogP contribution in [0, 0.1) is 5.82 Å². The highest BCUT2D eigenvalue weighted by molar-refractivity contribution is 5.85. The Morgan fingerprint density at radius 2 is 2.00 bits per heavy atom. The highest BCUT2D eigenvalue weighted by atomic mass is 19.1. The molecule has 2 rings (SSSR count). The van der Waals surface area contributed by atoms with E-state index in [0.29, 0.717) is 0 Å². The third kappa shape index (κ3) is 4.66. The predicted molar refractivity (Wildman–Crippen MR) is 86.5 cm³/mol. The van der Waals surface area contributed by atoms with E-state index in [4.69, 9.17) is 15.2 Å². The van der Waals surface area contributed by atoms with Crippen molar-refractivity contribution in [3.05, 3.63) is 24.3 Å². The number of nitrogens with one attached hydrogen (secondary N) is 1. The Kier molecular flexibility index (Phi) is 4.91. The maximum absolute atomic E-state index is 14.4. The van der Waals surface area contributed by atoms with Crippen molar-refractivity contribution in [2.45, 2.75) is 26.4 Å². The van der Waals surface area contributed by atoms with E-state index < -0.39 is 23.6 Å². The highest BCUT2D eigenvalue weighted by Crippen LogP contribution is 2.30. The van der Waals surface area contributed by atoms with E-state index in [9.17, 15) is 14.0 Å². The summed E-state index contributed by atoms with van der Waals surface area (Å²) in [6, 6.07) is 1.06. The van der Waals surface area contributed by atoms with Crippen molar-refractivity contribution in [3.8, 4) is 17.1 Å². The zero-order chi connectivity index (χ0) is 18.8. The number of hydrogen-bond donors (Lipinski definition) is 2. The van der Waals surface area contributed by atoms with Crippen LogP contribution in [0.15, 0.2) is 18.5 Å². The van der Waals surface area contributed by atoms with E-state index in [2.05, 4.69) is 15.4 Å². The molecule has 2 amide bonds. The molecule has 0 bridgehead atoms. The summed E-state index contributed by atoms with van der Waals surface area (Å²) < 4.78 is 25.5. The second-order valence-corrected chi connectivity index (χ2v) is 6.09. The summed E-state index contributed by atoms with van der Waals surface area (Å²) in [5.74, 6) is -0.803. The molecule has 0 saturated carbocycles. The first kappa shape index (κ1) is 18.2. The molecule has 0 aliphatic rings. The molecule has 2 aromatic heterocycles. The minimum absolute atomic E-state index is 0.0493. The van der Waals surface area contributed by atoms with E-state index in [1.807, 2.05) is 0 Å². The van der Waals surface area contributed by atoms with Crippen molar-refractivity contribution < 1.29 is 23.5 Å². The van der Waals surface area contributed by atoms with Gasteiger partial charge in [-0.25, -0.2) is 18.7 Å². The fourth-order valence-electron chi connectivity index (χ4n) is 1.93. The smallest absolute Gasteiger partial charge is 0.412 e. The van der Waals surface area contributed by atoms with Gasteiger partial charge in [0.2, 0.25) is 5.88 Å². The zero-order valence-corrected chi connectivity index (χ0v) is 14.2. The number of anilines is 1. The molecule has 0 saturated heterocycles. The molecule has 0 aromatic carbocycles.